The van der Waals surface area contributed by atoms with Crippen LogP contribution in [0, 0.1) is 0 Å². The van der Waals surface area contributed by atoms with Crippen LogP contribution in [0.4, 0.5) is 0 Å². The lowest BCUT2D eigenvalue weighted by atomic mass is 10.1. The van der Waals surface area contributed by atoms with E-state index in [-0.39, 0.29) is 18.4 Å². The predicted octanol–water partition coefficient (Wildman–Crippen LogP) is 3.62. The zero-order valence-electron chi connectivity index (χ0n) is 11.2. The number of benzene rings is 2. The Hall–Kier alpha value is -1.98. The Bertz CT molecular complexity index is 784. The predicted molar refractivity (Wildman–Crippen MR) is 85.0 cm³/mol. The first-order valence-corrected chi connectivity index (χ1v) is 7.59. The van der Waals surface area contributed by atoms with Crippen molar-refractivity contribution in [2.75, 3.05) is 0 Å². The Balaban J connectivity index is 1.89. The van der Waals surface area contributed by atoms with E-state index in [1.54, 1.807) is 42.5 Å². The summed E-state index contributed by atoms with van der Waals surface area (Å²) in [6, 6.07) is 11.6. The van der Waals surface area contributed by atoms with Crippen LogP contribution < -0.4 is 0 Å². The third-order valence-corrected chi connectivity index (χ3v) is 4.32. The largest absolute Gasteiger partial charge is 0.276 e. The van der Waals surface area contributed by atoms with Gasteiger partial charge < -0.3 is 0 Å². The molecule has 0 radical (unpaired) electrons. The van der Waals surface area contributed by atoms with Gasteiger partial charge in [-0.15, -0.1) is 0 Å². The average molecular weight is 379 g/mol. The molecular weight excluding hydrogens is 370 g/mol. The Labute approximate surface area is 139 Å². The van der Waals surface area contributed by atoms with Crippen molar-refractivity contribution in [3.05, 3.63) is 69.2 Å². The molecule has 1 heterocycles. The highest BCUT2D eigenvalue weighted by atomic mass is 79.9. The van der Waals surface area contributed by atoms with Crippen molar-refractivity contribution < 1.29 is 14.4 Å². The van der Waals surface area contributed by atoms with Gasteiger partial charge in [-0.1, -0.05) is 18.2 Å². The van der Waals surface area contributed by atoms with E-state index in [9.17, 15) is 14.4 Å². The monoisotopic (exact) mass is 377 g/mol. The summed E-state index contributed by atoms with van der Waals surface area (Å²) in [7, 11) is 0. The molecule has 110 valence electrons. The molecule has 0 N–H and O–H groups in total. The fourth-order valence-electron chi connectivity index (χ4n) is 2.38. The van der Waals surface area contributed by atoms with Crippen LogP contribution in [0.25, 0.3) is 0 Å². The maximum absolute atomic E-state index is 12.3. The van der Waals surface area contributed by atoms with Crippen LogP contribution in [0.3, 0.4) is 0 Å². The van der Waals surface area contributed by atoms with Gasteiger partial charge in [-0.3, -0.25) is 19.3 Å². The number of amides is 2. The Morgan fingerprint density at radius 2 is 1.64 bits per heavy atom. The summed E-state index contributed by atoms with van der Waals surface area (Å²) < 4.78 is 0.529. The van der Waals surface area contributed by atoms with E-state index in [0.717, 1.165) is 5.56 Å². The van der Waals surface area contributed by atoms with Crippen LogP contribution in [0.1, 0.15) is 36.6 Å². The van der Waals surface area contributed by atoms with Crippen LogP contribution >= 0.6 is 27.5 Å². The zero-order valence-corrected chi connectivity index (χ0v) is 13.5. The SMILES string of the molecule is O=C(Cl)c1ccc(CN2C(=O)c3ccccc3C2=O)cc1Br. The Kier molecular flexibility index (Phi) is 3.85. The normalized spacial score (nSPS) is 13.5. The van der Waals surface area contributed by atoms with Crippen molar-refractivity contribution >= 4 is 44.6 Å². The molecule has 0 fully saturated rings. The Morgan fingerprint density at radius 1 is 1.05 bits per heavy atom. The molecule has 4 nitrogen and oxygen atoms in total. The van der Waals surface area contributed by atoms with Gasteiger partial charge in [-0.2, -0.15) is 0 Å². The highest BCUT2D eigenvalue weighted by Crippen LogP contribution is 2.26. The number of fused-ring (bicyclic) bond motifs is 1. The minimum absolute atomic E-state index is 0.141. The first-order chi connectivity index (χ1) is 10.5. The second-order valence-corrected chi connectivity index (χ2v) is 6.03. The van der Waals surface area contributed by atoms with Gasteiger partial charge in [0.1, 0.15) is 0 Å². The summed E-state index contributed by atoms with van der Waals surface area (Å²) in [5, 5.41) is -0.570. The van der Waals surface area contributed by atoms with Crippen molar-refractivity contribution in [2.45, 2.75) is 6.54 Å². The lowest BCUT2D eigenvalue weighted by Gasteiger charge is -2.14. The summed E-state index contributed by atoms with van der Waals surface area (Å²) in [6.45, 7) is 0.141. The maximum Gasteiger partial charge on any atom is 0.261 e. The van der Waals surface area contributed by atoms with E-state index in [0.29, 0.717) is 21.2 Å². The fourth-order valence-corrected chi connectivity index (χ4v) is 3.27. The Morgan fingerprint density at radius 3 is 2.14 bits per heavy atom. The van der Waals surface area contributed by atoms with Gasteiger partial charge in [0, 0.05) is 10.0 Å². The van der Waals surface area contributed by atoms with E-state index in [2.05, 4.69) is 15.9 Å². The standard InChI is InChI=1S/C16H9BrClNO3/c17-13-7-9(5-6-12(13)14(18)20)8-19-15(21)10-3-1-2-4-11(10)16(19)22/h1-7H,8H2. The van der Waals surface area contributed by atoms with Crippen molar-refractivity contribution in [3.8, 4) is 0 Å². The molecule has 0 bridgehead atoms. The molecule has 0 saturated carbocycles. The molecule has 2 aromatic rings. The molecule has 0 aromatic heterocycles. The van der Waals surface area contributed by atoms with Crippen LogP contribution in [0.15, 0.2) is 46.9 Å². The minimum atomic E-state index is -0.570. The van der Waals surface area contributed by atoms with Crippen LogP contribution in [0.5, 0.6) is 0 Å². The molecule has 3 rings (SSSR count). The first-order valence-electron chi connectivity index (χ1n) is 6.42. The number of hydrogen-bond acceptors (Lipinski definition) is 3. The molecule has 0 spiro atoms. The summed E-state index contributed by atoms with van der Waals surface area (Å²) in [5.74, 6) is -0.622. The molecule has 0 saturated heterocycles. The van der Waals surface area contributed by atoms with Crippen LogP contribution in [0.2, 0.25) is 0 Å². The van der Waals surface area contributed by atoms with E-state index in [1.165, 1.54) is 4.90 Å². The number of carbonyl (C=O) groups is 3. The number of imide groups is 1. The highest BCUT2D eigenvalue weighted by molar-refractivity contribution is 9.10. The summed E-state index contributed by atoms with van der Waals surface area (Å²) in [5.41, 5.74) is 1.90. The molecule has 1 aliphatic heterocycles. The maximum atomic E-state index is 12.3. The summed E-state index contributed by atoms with van der Waals surface area (Å²) >= 11 is 8.71. The highest BCUT2D eigenvalue weighted by Gasteiger charge is 2.34. The van der Waals surface area contributed by atoms with E-state index in [1.807, 2.05) is 0 Å². The quantitative estimate of drug-likeness (QED) is 0.605. The smallest absolute Gasteiger partial charge is 0.261 e. The van der Waals surface area contributed by atoms with Crippen LogP contribution in [-0.4, -0.2) is 22.0 Å². The van der Waals surface area contributed by atoms with Gasteiger partial charge in [0.2, 0.25) is 0 Å². The van der Waals surface area contributed by atoms with Gasteiger partial charge in [-0.25, -0.2) is 0 Å². The second kappa shape index (κ2) is 5.66. The molecule has 22 heavy (non-hydrogen) atoms. The topological polar surface area (TPSA) is 54.5 Å². The molecule has 1 aliphatic rings. The second-order valence-electron chi connectivity index (χ2n) is 4.83. The number of halogens is 2. The molecule has 2 aromatic carbocycles. The fraction of sp³-hybridized carbons (Fsp3) is 0.0625. The third kappa shape index (κ3) is 2.46. The lowest BCUT2D eigenvalue weighted by Crippen LogP contribution is -2.29. The molecular formula is C16H9BrClNO3. The van der Waals surface area contributed by atoms with Crippen molar-refractivity contribution in [1.82, 2.24) is 4.90 Å². The van der Waals surface area contributed by atoms with Crippen LogP contribution in [-0.2, 0) is 6.54 Å². The molecule has 0 unspecified atom stereocenters. The average Bonchev–Trinajstić information content (AvgIpc) is 2.73. The number of rotatable bonds is 3. The minimum Gasteiger partial charge on any atom is -0.276 e. The number of carbonyl (C=O) groups excluding carboxylic acids is 3. The van der Waals surface area contributed by atoms with Gasteiger partial charge in [0.05, 0.1) is 17.7 Å². The number of nitrogens with zero attached hydrogens (tertiary/aromatic N) is 1. The van der Waals surface area contributed by atoms with E-state index < -0.39 is 5.24 Å². The third-order valence-electron chi connectivity index (χ3n) is 3.46. The summed E-state index contributed by atoms with van der Waals surface area (Å²) in [4.78, 5) is 37.0. The summed E-state index contributed by atoms with van der Waals surface area (Å²) in [6.07, 6.45) is 0. The molecule has 2 amide bonds. The number of hydrogen-bond donors (Lipinski definition) is 0. The van der Waals surface area contributed by atoms with Crippen molar-refractivity contribution in [2.24, 2.45) is 0 Å². The molecule has 6 heteroatoms. The zero-order chi connectivity index (χ0) is 15.9. The molecule has 0 atom stereocenters. The lowest BCUT2D eigenvalue weighted by molar-refractivity contribution is 0.0642. The van der Waals surface area contributed by atoms with Gasteiger partial charge >= 0.3 is 0 Å². The van der Waals surface area contributed by atoms with Gasteiger partial charge in [0.25, 0.3) is 17.1 Å². The van der Waals surface area contributed by atoms with E-state index >= 15 is 0 Å². The molecule has 0 aliphatic carbocycles. The van der Waals surface area contributed by atoms with Gasteiger partial charge in [0.15, 0.2) is 0 Å². The van der Waals surface area contributed by atoms with Crippen molar-refractivity contribution in [1.29, 1.82) is 0 Å². The first kappa shape index (κ1) is 14.9. The van der Waals surface area contributed by atoms with E-state index in [4.69, 9.17) is 11.6 Å². The van der Waals surface area contributed by atoms with Crippen molar-refractivity contribution in [3.63, 3.8) is 0 Å². The van der Waals surface area contributed by atoms with Gasteiger partial charge in [-0.05, 0) is 57.4 Å².